The first kappa shape index (κ1) is 27.2. The Morgan fingerprint density at radius 1 is 0.395 bits per heavy atom. The molecule has 7 aromatic rings. The molecule has 0 saturated heterocycles. The molecule has 5 heteroatoms. The van der Waals surface area contributed by atoms with Gasteiger partial charge in [-0.05, 0) is 46.6 Å². The van der Waals surface area contributed by atoms with Gasteiger partial charge in [0, 0.05) is 13.5 Å². The first-order valence-corrected chi connectivity index (χ1v) is 17.0. The number of hydrogen-bond donors (Lipinski definition) is 0. The van der Waals surface area contributed by atoms with Crippen molar-refractivity contribution in [1.82, 2.24) is 15.0 Å². The molecule has 3 nitrogen and oxygen atoms in total. The highest BCUT2D eigenvalue weighted by Gasteiger charge is 2.30. The van der Waals surface area contributed by atoms with Crippen LogP contribution in [0.5, 0.6) is 0 Å². The van der Waals surface area contributed by atoms with Crippen LogP contribution in [0.4, 0.5) is 0 Å². The van der Waals surface area contributed by atoms with Gasteiger partial charge in [-0.15, -0.1) is 5.10 Å². The minimum Gasteiger partial charge on any atom is -0.212 e. The molecule has 0 aliphatic carbocycles. The molecule has 0 spiro atoms. The van der Waals surface area contributed by atoms with Gasteiger partial charge in [-0.1, -0.05) is 169 Å². The molecular formula is C38H29N3P2. The van der Waals surface area contributed by atoms with Crippen LogP contribution in [0, 0.1) is 0 Å². The zero-order valence-electron chi connectivity index (χ0n) is 23.5. The van der Waals surface area contributed by atoms with E-state index < -0.39 is 15.8 Å². The molecule has 0 aliphatic heterocycles. The topological polar surface area (TPSA) is 30.7 Å². The first-order valence-electron chi connectivity index (χ1n) is 14.3. The van der Waals surface area contributed by atoms with Gasteiger partial charge in [0.2, 0.25) is 0 Å². The van der Waals surface area contributed by atoms with E-state index in [2.05, 4.69) is 175 Å². The summed E-state index contributed by atoms with van der Waals surface area (Å²) in [6.07, 6.45) is 0. The van der Waals surface area contributed by atoms with Crippen molar-refractivity contribution in [2.24, 2.45) is 0 Å². The van der Waals surface area contributed by atoms with Gasteiger partial charge in [-0.25, -0.2) is 4.68 Å². The summed E-state index contributed by atoms with van der Waals surface area (Å²) in [6.45, 7) is 0. The molecule has 0 saturated carbocycles. The lowest BCUT2D eigenvalue weighted by Crippen LogP contribution is -2.29. The van der Waals surface area contributed by atoms with Crippen molar-refractivity contribution < 1.29 is 0 Å². The molecule has 0 amide bonds. The average Bonchev–Trinajstić information content (AvgIpc) is 3.52. The third-order valence-corrected chi connectivity index (χ3v) is 12.3. The third-order valence-electron chi connectivity index (χ3n) is 7.32. The van der Waals surface area contributed by atoms with Gasteiger partial charge < -0.3 is 0 Å². The van der Waals surface area contributed by atoms with Gasteiger partial charge in [0.1, 0.15) is 11.1 Å². The molecule has 6 aromatic carbocycles. The van der Waals surface area contributed by atoms with Crippen LogP contribution in [-0.4, -0.2) is 15.0 Å². The summed E-state index contributed by atoms with van der Waals surface area (Å²) in [7, 11) is -1.84. The van der Waals surface area contributed by atoms with Crippen molar-refractivity contribution in [3.8, 4) is 16.9 Å². The highest BCUT2D eigenvalue weighted by atomic mass is 31.1. The predicted molar refractivity (Wildman–Crippen MR) is 184 cm³/mol. The maximum absolute atomic E-state index is 5.00. The minimum absolute atomic E-state index is 0.845. The Bertz CT molecular complexity index is 1830. The number of nitrogens with zero attached hydrogens (tertiary/aromatic N) is 3. The van der Waals surface area contributed by atoms with Crippen LogP contribution in [0.25, 0.3) is 16.9 Å². The van der Waals surface area contributed by atoms with E-state index in [1.54, 1.807) is 0 Å². The van der Waals surface area contributed by atoms with Crippen LogP contribution in [0.15, 0.2) is 176 Å². The van der Waals surface area contributed by atoms with Crippen LogP contribution in [0.3, 0.4) is 0 Å². The molecule has 206 valence electrons. The Balaban J connectivity index is 1.51. The fourth-order valence-corrected chi connectivity index (χ4v) is 10.3. The molecule has 7 rings (SSSR count). The van der Waals surface area contributed by atoms with Crippen molar-refractivity contribution in [2.75, 3.05) is 0 Å². The molecule has 0 radical (unpaired) electrons. The highest BCUT2D eigenvalue weighted by Crippen LogP contribution is 2.40. The maximum Gasteiger partial charge on any atom is 0.122 e. The molecule has 1 heterocycles. The van der Waals surface area contributed by atoms with Gasteiger partial charge >= 0.3 is 0 Å². The van der Waals surface area contributed by atoms with E-state index >= 15 is 0 Å². The zero-order chi connectivity index (χ0) is 28.8. The summed E-state index contributed by atoms with van der Waals surface area (Å²) in [5.74, 6) is 0. The second-order valence-corrected chi connectivity index (χ2v) is 14.4. The maximum atomic E-state index is 5.00. The average molecular weight is 590 g/mol. The molecule has 43 heavy (non-hydrogen) atoms. The summed E-state index contributed by atoms with van der Waals surface area (Å²) in [4.78, 5) is 0. The van der Waals surface area contributed by atoms with Crippen LogP contribution in [0.2, 0.25) is 0 Å². The third kappa shape index (κ3) is 5.58. The number of benzene rings is 6. The van der Waals surface area contributed by atoms with Crippen molar-refractivity contribution in [2.45, 2.75) is 0 Å². The zero-order valence-corrected chi connectivity index (χ0v) is 25.3. The molecule has 0 aliphatic rings. The number of rotatable bonds is 8. The van der Waals surface area contributed by atoms with Gasteiger partial charge in [0.05, 0.1) is 5.69 Å². The summed E-state index contributed by atoms with van der Waals surface area (Å²) in [5, 5.41) is 16.3. The van der Waals surface area contributed by atoms with E-state index in [9.17, 15) is 0 Å². The Hall–Kier alpha value is -4.68. The van der Waals surface area contributed by atoms with Gasteiger partial charge in [0.25, 0.3) is 0 Å². The predicted octanol–water partition coefficient (Wildman–Crippen LogP) is 6.45. The van der Waals surface area contributed by atoms with E-state index in [0.717, 1.165) is 22.4 Å². The molecule has 1 aromatic heterocycles. The first-order chi connectivity index (χ1) is 21.4. The quantitative estimate of drug-likeness (QED) is 0.191. The van der Waals surface area contributed by atoms with Crippen molar-refractivity contribution in [3.63, 3.8) is 0 Å². The minimum atomic E-state index is -0.993. The molecule has 0 fully saturated rings. The summed E-state index contributed by atoms with van der Waals surface area (Å²) >= 11 is 0. The smallest absolute Gasteiger partial charge is 0.122 e. The molecule has 0 N–H and O–H groups in total. The summed E-state index contributed by atoms with van der Waals surface area (Å²) < 4.78 is 2.06. The molecule has 0 atom stereocenters. The Morgan fingerprint density at radius 3 is 1.28 bits per heavy atom. The standard InChI is InChI=1S/C38H29N3P2/c1-6-18-30(19-7-1)41-38(43(33-24-12-4-13-25-33)34-26-14-5-15-27-34)37(39-40-41)35-28-16-17-29-36(35)42(31-20-8-2-9-21-31)32-22-10-3-11-23-32/h1-29H. The lowest BCUT2D eigenvalue weighted by Gasteiger charge is -2.24. The number of para-hydroxylation sites is 1. The van der Waals surface area contributed by atoms with Crippen LogP contribution in [0.1, 0.15) is 0 Å². The van der Waals surface area contributed by atoms with Crippen LogP contribution in [-0.2, 0) is 0 Å². The lowest BCUT2D eigenvalue weighted by atomic mass is 10.2. The number of aromatic nitrogens is 3. The van der Waals surface area contributed by atoms with E-state index in [4.69, 9.17) is 10.3 Å². The lowest BCUT2D eigenvalue weighted by molar-refractivity contribution is 0.817. The molecular weight excluding hydrogens is 560 g/mol. The summed E-state index contributed by atoms with van der Waals surface area (Å²) in [6, 6.07) is 62.5. The van der Waals surface area contributed by atoms with E-state index in [0.29, 0.717) is 0 Å². The second kappa shape index (κ2) is 12.7. The van der Waals surface area contributed by atoms with Gasteiger partial charge in [-0.2, -0.15) is 0 Å². The van der Waals surface area contributed by atoms with E-state index in [-0.39, 0.29) is 0 Å². The Labute approximate surface area is 255 Å². The van der Waals surface area contributed by atoms with Gasteiger partial charge in [-0.3, -0.25) is 0 Å². The number of hydrogen-bond acceptors (Lipinski definition) is 2. The SMILES string of the molecule is c1ccc(-n2nnc(-c3ccccc3P(c3ccccc3)c3ccccc3)c2P(c2ccccc2)c2ccccc2)cc1. The van der Waals surface area contributed by atoms with Crippen molar-refractivity contribution in [3.05, 3.63) is 176 Å². The Kier molecular flexibility index (Phi) is 8.01. The van der Waals surface area contributed by atoms with Crippen LogP contribution < -0.4 is 32.0 Å². The van der Waals surface area contributed by atoms with Gasteiger partial charge in [0.15, 0.2) is 0 Å². The monoisotopic (exact) mass is 589 g/mol. The van der Waals surface area contributed by atoms with Crippen LogP contribution >= 0.6 is 15.8 Å². The normalized spacial score (nSPS) is 11.2. The fourth-order valence-electron chi connectivity index (χ4n) is 5.39. The second-order valence-electron chi connectivity index (χ2n) is 10.0. The molecule has 0 unspecified atom stereocenters. The Morgan fingerprint density at radius 2 is 0.791 bits per heavy atom. The van der Waals surface area contributed by atoms with Crippen molar-refractivity contribution >= 4 is 47.8 Å². The van der Waals surface area contributed by atoms with Crippen molar-refractivity contribution in [1.29, 1.82) is 0 Å². The largest absolute Gasteiger partial charge is 0.212 e. The molecule has 0 bridgehead atoms. The van der Waals surface area contributed by atoms with E-state index in [1.165, 1.54) is 26.5 Å². The van der Waals surface area contributed by atoms with E-state index in [1.807, 2.05) is 6.07 Å². The fraction of sp³-hybridized carbons (Fsp3) is 0. The summed E-state index contributed by atoms with van der Waals surface area (Å²) in [5.41, 5.74) is 4.17. The highest BCUT2D eigenvalue weighted by molar-refractivity contribution is 7.80.